The van der Waals surface area contributed by atoms with E-state index < -0.39 is 17.6 Å². The summed E-state index contributed by atoms with van der Waals surface area (Å²) in [6, 6.07) is 9.32. The maximum absolute atomic E-state index is 12.2. The van der Waals surface area contributed by atoms with Gasteiger partial charge in [-0.15, -0.1) is 0 Å². The largest absolute Gasteiger partial charge is 0.479 e. The fourth-order valence-electron chi connectivity index (χ4n) is 2.58. The molecule has 0 radical (unpaired) electrons. The SMILES string of the molecule is CC1SCCC1(C(=O)O)N(C)C(=O)OCc1ccccc1. The van der Waals surface area contributed by atoms with Crippen LogP contribution in [0.2, 0.25) is 0 Å². The molecule has 1 aliphatic rings. The number of carbonyl (C=O) groups excluding carboxylic acids is 1. The van der Waals surface area contributed by atoms with Gasteiger partial charge in [-0.3, -0.25) is 4.90 Å². The Morgan fingerprint density at radius 3 is 2.62 bits per heavy atom. The second-order valence-electron chi connectivity index (χ2n) is 5.09. The number of aliphatic carboxylic acids is 1. The smallest absolute Gasteiger partial charge is 0.410 e. The molecule has 1 aliphatic heterocycles. The minimum atomic E-state index is -1.18. The maximum Gasteiger partial charge on any atom is 0.410 e. The van der Waals surface area contributed by atoms with E-state index >= 15 is 0 Å². The van der Waals surface area contributed by atoms with E-state index in [2.05, 4.69) is 0 Å². The van der Waals surface area contributed by atoms with Crippen LogP contribution >= 0.6 is 11.8 Å². The van der Waals surface area contributed by atoms with Gasteiger partial charge in [0.1, 0.15) is 6.61 Å². The molecule has 0 aromatic heterocycles. The van der Waals surface area contributed by atoms with Crippen molar-refractivity contribution in [1.29, 1.82) is 0 Å². The van der Waals surface area contributed by atoms with Gasteiger partial charge < -0.3 is 9.84 Å². The molecule has 1 saturated heterocycles. The Labute approximate surface area is 128 Å². The third kappa shape index (κ3) is 3.00. The molecule has 1 fully saturated rings. The fourth-order valence-corrected chi connectivity index (χ4v) is 4.01. The predicted octanol–water partition coefficient (Wildman–Crippen LogP) is 2.60. The lowest BCUT2D eigenvalue weighted by atomic mass is 9.91. The molecule has 1 N–H and O–H groups in total. The number of carboxylic acid groups (broad SMARTS) is 1. The highest BCUT2D eigenvalue weighted by Crippen LogP contribution is 2.40. The van der Waals surface area contributed by atoms with Crippen LogP contribution < -0.4 is 0 Å². The standard InChI is InChI=1S/C15H19NO4S/c1-11-15(13(17)18,8-9-21-11)16(2)14(19)20-10-12-6-4-3-5-7-12/h3-7,11H,8-10H2,1-2H3,(H,17,18). The third-order valence-electron chi connectivity index (χ3n) is 3.97. The molecule has 6 heteroatoms. The molecule has 21 heavy (non-hydrogen) atoms. The van der Waals surface area contributed by atoms with Crippen LogP contribution in [-0.4, -0.2) is 45.7 Å². The number of benzene rings is 1. The second kappa shape index (κ2) is 6.39. The lowest BCUT2D eigenvalue weighted by molar-refractivity contribution is -0.149. The van der Waals surface area contributed by atoms with Gasteiger partial charge in [0.15, 0.2) is 5.54 Å². The Kier molecular flexibility index (Phi) is 4.77. The first-order chi connectivity index (χ1) is 9.98. The molecule has 2 rings (SSSR count). The fraction of sp³-hybridized carbons (Fsp3) is 0.467. The Morgan fingerprint density at radius 1 is 1.43 bits per heavy atom. The van der Waals surface area contributed by atoms with Crippen LogP contribution in [0.15, 0.2) is 30.3 Å². The molecule has 0 spiro atoms. The van der Waals surface area contributed by atoms with Crippen LogP contribution in [0.25, 0.3) is 0 Å². The zero-order valence-electron chi connectivity index (χ0n) is 12.1. The van der Waals surface area contributed by atoms with E-state index in [0.717, 1.165) is 11.3 Å². The summed E-state index contributed by atoms with van der Waals surface area (Å²) >= 11 is 1.56. The number of hydrogen-bond acceptors (Lipinski definition) is 4. The van der Waals surface area contributed by atoms with Crippen LogP contribution in [0.3, 0.4) is 0 Å². The highest BCUT2D eigenvalue weighted by atomic mass is 32.2. The van der Waals surface area contributed by atoms with E-state index in [1.165, 1.54) is 11.9 Å². The van der Waals surface area contributed by atoms with Gasteiger partial charge in [0.05, 0.1) is 0 Å². The molecule has 2 unspecified atom stereocenters. The van der Waals surface area contributed by atoms with E-state index in [1.807, 2.05) is 37.3 Å². The van der Waals surface area contributed by atoms with Gasteiger partial charge in [0, 0.05) is 12.3 Å². The van der Waals surface area contributed by atoms with Gasteiger partial charge in [-0.2, -0.15) is 11.8 Å². The zero-order chi connectivity index (χ0) is 15.5. The molecule has 114 valence electrons. The lowest BCUT2D eigenvalue weighted by Crippen LogP contribution is -2.58. The topological polar surface area (TPSA) is 66.8 Å². The summed E-state index contributed by atoms with van der Waals surface area (Å²) in [4.78, 5) is 25.1. The first-order valence-electron chi connectivity index (χ1n) is 6.78. The molecule has 2 atom stereocenters. The molecule has 0 saturated carbocycles. The van der Waals surface area contributed by atoms with Crippen molar-refractivity contribution in [2.75, 3.05) is 12.8 Å². The van der Waals surface area contributed by atoms with Gasteiger partial charge in [0.2, 0.25) is 0 Å². The Hall–Kier alpha value is -1.69. The molecule has 0 aliphatic carbocycles. The molecule has 0 bridgehead atoms. The van der Waals surface area contributed by atoms with Gasteiger partial charge >= 0.3 is 12.1 Å². The van der Waals surface area contributed by atoms with E-state index in [9.17, 15) is 14.7 Å². The van der Waals surface area contributed by atoms with Crippen molar-refractivity contribution in [1.82, 2.24) is 4.90 Å². The number of carbonyl (C=O) groups is 2. The lowest BCUT2D eigenvalue weighted by Gasteiger charge is -2.36. The van der Waals surface area contributed by atoms with Crippen molar-refractivity contribution in [3.63, 3.8) is 0 Å². The second-order valence-corrected chi connectivity index (χ2v) is 6.54. The molecular weight excluding hydrogens is 290 g/mol. The van der Waals surface area contributed by atoms with Gasteiger partial charge in [-0.25, -0.2) is 9.59 Å². The van der Waals surface area contributed by atoms with Crippen LogP contribution in [0.5, 0.6) is 0 Å². The van der Waals surface area contributed by atoms with Crippen LogP contribution in [0.4, 0.5) is 4.79 Å². The summed E-state index contributed by atoms with van der Waals surface area (Å²) in [6.07, 6.45) is -0.166. The number of rotatable bonds is 4. The maximum atomic E-state index is 12.2. The number of amides is 1. The molecule has 1 amide bonds. The normalized spacial score (nSPS) is 24.6. The predicted molar refractivity (Wildman–Crippen MR) is 81.3 cm³/mol. The Bertz CT molecular complexity index is 522. The van der Waals surface area contributed by atoms with E-state index in [1.54, 1.807) is 11.8 Å². The Morgan fingerprint density at radius 2 is 2.10 bits per heavy atom. The minimum Gasteiger partial charge on any atom is -0.479 e. The molecule has 1 aromatic carbocycles. The summed E-state index contributed by atoms with van der Waals surface area (Å²) < 4.78 is 5.24. The minimum absolute atomic E-state index is 0.140. The van der Waals surface area contributed by atoms with Crippen molar-refractivity contribution in [3.05, 3.63) is 35.9 Å². The zero-order valence-corrected chi connectivity index (χ0v) is 12.9. The average molecular weight is 309 g/mol. The summed E-state index contributed by atoms with van der Waals surface area (Å²) in [5.41, 5.74) is -0.309. The summed E-state index contributed by atoms with van der Waals surface area (Å²) in [5.74, 6) is -0.247. The molecular formula is C15H19NO4S. The first kappa shape index (κ1) is 15.7. The first-order valence-corrected chi connectivity index (χ1v) is 7.83. The van der Waals surface area contributed by atoms with Crippen LogP contribution in [0, 0.1) is 0 Å². The molecule has 5 nitrogen and oxygen atoms in total. The van der Waals surface area contributed by atoms with E-state index in [-0.39, 0.29) is 11.9 Å². The number of nitrogens with zero attached hydrogens (tertiary/aromatic N) is 1. The van der Waals surface area contributed by atoms with Crippen molar-refractivity contribution < 1.29 is 19.4 Å². The van der Waals surface area contributed by atoms with Crippen molar-refractivity contribution >= 4 is 23.8 Å². The van der Waals surface area contributed by atoms with Crippen LogP contribution in [0.1, 0.15) is 18.9 Å². The van der Waals surface area contributed by atoms with Crippen molar-refractivity contribution in [2.24, 2.45) is 0 Å². The van der Waals surface area contributed by atoms with Crippen LogP contribution in [-0.2, 0) is 16.1 Å². The summed E-state index contributed by atoms with van der Waals surface area (Å²) in [7, 11) is 1.50. The average Bonchev–Trinajstić information content (AvgIpc) is 2.87. The molecule has 1 heterocycles. The highest BCUT2D eigenvalue weighted by molar-refractivity contribution is 8.00. The number of thioether (sulfide) groups is 1. The third-order valence-corrected chi connectivity index (χ3v) is 5.30. The van der Waals surface area contributed by atoms with Gasteiger partial charge in [-0.1, -0.05) is 37.3 Å². The monoisotopic (exact) mass is 309 g/mol. The Balaban J connectivity index is 2.05. The van der Waals surface area contributed by atoms with Crippen molar-refractivity contribution in [3.8, 4) is 0 Å². The molecule has 1 aromatic rings. The highest BCUT2D eigenvalue weighted by Gasteiger charge is 2.53. The van der Waals surface area contributed by atoms with E-state index in [0.29, 0.717) is 6.42 Å². The number of ether oxygens (including phenoxy) is 1. The van der Waals surface area contributed by atoms with Gasteiger partial charge in [0.25, 0.3) is 0 Å². The van der Waals surface area contributed by atoms with Crippen molar-refractivity contribution in [2.45, 2.75) is 30.7 Å². The number of likely N-dealkylation sites (N-methyl/N-ethyl adjacent to an activating group) is 1. The summed E-state index contributed by atoms with van der Waals surface area (Å²) in [6.45, 7) is 1.98. The number of hydrogen-bond donors (Lipinski definition) is 1. The number of carboxylic acids is 1. The summed E-state index contributed by atoms with van der Waals surface area (Å²) in [5, 5.41) is 9.41. The van der Waals surface area contributed by atoms with Gasteiger partial charge in [-0.05, 0) is 17.7 Å². The quantitative estimate of drug-likeness (QED) is 0.926. The van der Waals surface area contributed by atoms with E-state index in [4.69, 9.17) is 4.74 Å².